The fraction of sp³-hybridized carbons (Fsp3) is 0.458. The van der Waals surface area contributed by atoms with E-state index in [0.717, 1.165) is 4.57 Å². The third-order valence-corrected chi connectivity index (χ3v) is 7.07. The first-order valence-corrected chi connectivity index (χ1v) is 11.6. The molecule has 188 valence electrons. The predicted octanol–water partition coefficient (Wildman–Crippen LogP) is 3.67. The Bertz CT molecular complexity index is 1390. The van der Waals surface area contributed by atoms with E-state index in [-0.39, 0.29) is 43.2 Å². The van der Waals surface area contributed by atoms with Crippen LogP contribution in [0.25, 0.3) is 10.9 Å². The van der Waals surface area contributed by atoms with Crippen LogP contribution in [-0.2, 0) is 24.1 Å². The number of fused-ring (bicyclic) bond motifs is 2. The summed E-state index contributed by atoms with van der Waals surface area (Å²) in [4.78, 5) is 21.4. The molecular formula is C24H23F4N7O. The number of aromatic nitrogens is 4. The van der Waals surface area contributed by atoms with Crippen molar-refractivity contribution in [1.82, 2.24) is 24.6 Å². The average Bonchev–Trinajstić information content (AvgIpc) is 3.27. The summed E-state index contributed by atoms with van der Waals surface area (Å²) in [6.45, 7) is 4.70. The Kier molecular flexibility index (Phi) is 5.81. The monoisotopic (exact) mass is 501 g/mol. The Morgan fingerprint density at radius 2 is 1.97 bits per heavy atom. The second kappa shape index (κ2) is 8.72. The van der Waals surface area contributed by atoms with Crippen LogP contribution in [0.2, 0.25) is 0 Å². The number of halogens is 4. The third-order valence-electron chi connectivity index (χ3n) is 7.07. The van der Waals surface area contributed by atoms with Crippen LogP contribution in [0.3, 0.4) is 0 Å². The molecule has 1 aromatic carbocycles. The number of pyridine rings is 1. The van der Waals surface area contributed by atoms with Crippen LogP contribution < -0.4 is 4.90 Å². The summed E-state index contributed by atoms with van der Waals surface area (Å²) in [6, 6.07) is 6.49. The van der Waals surface area contributed by atoms with Crippen molar-refractivity contribution >= 4 is 22.5 Å². The quantitative estimate of drug-likeness (QED) is 0.498. The number of amides is 1. The number of nitriles is 1. The molecule has 1 saturated heterocycles. The topological polar surface area (TPSA) is 90.9 Å². The van der Waals surface area contributed by atoms with E-state index in [0.29, 0.717) is 47.4 Å². The van der Waals surface area contributed by atoms with Crippen LogP contribution in [0.4, 0.5) is 23.2 Å². The molecule has 4 heterocycles. The van der Waals surface area contributed by atoms with E-state index in [2.05, 4.69) is 21.3 Å². The molecule has 12 heteroatoms. The lowest BCUT2D eigenvalue weighted by molar-refractivity contribution is -0.148. The van der Waals surface area contributed by atoms with E-state index in [4.69, 9.17) is 0 Å². The highest BCUT2D eigenvalue weighted by Gasteiger charge is 2.41. The zero-order chi connectivity index (χ0) is 25.8. The second-order valence-electron chi connectivity index (χ2n) is 9.36. The number of carbonyl (C=O) groups excluding carboxylic acids is 1. The number of anilines is 1. The van der Waals surface area contributed by atoms with Gasteiger partial charge in [0, 0.05) is 37.5 Å². The van der Waals surface area contributed by atoms with Gasteiger partial charge in [0.15, 0.2) is 5.82 Å². The number of alkyl halides is 3. The van der Waals surface area contributed by atoms with Crippen molar-refractivity contribution in [3.05, 3.63) is 46.9 Å². The minimum absolute atomic E-state index is 0.0183. The molecule has 2 aromatic heterocycles. The van der Waals surface area contributed by atoms with Gasteiger partial charge in [0.05, 0.1) is 29.0 Å². The smallest absolute Gasteiger partial charge is 0.370 e. The van der Waals surface area contributed by atoms with Crippen molar-refractivity contribution in [3.8, 4) is 6.07 Å². The van der Waals surface area contributed by atoms with Gasteiger partial charge in [-0.3, -0.25) is 9.78 Å². The molecule has 0 unspecified atom stereocenters. The molecule has 1 amide bonds. The van der Waals surface area contributed by atoms with Gasteiger partial charge in [-0.25, -0.2) is 4.39 Å². The second-order valence-corrected chi connectivity index (χ2v) is 9.36. The fourth-order valence-electron chi connectivity index (χ4n) is 5.31. The number of carbonyl (C=O) groups is 1. The number of benzene rings is 1. The molecule has 0 bridgehead atoms. The first-order chi connectivity index (χ1) is 17.1. The highest BCUT2D eigenvalue weighted by molar-refractivity contribution is 5.95. The standard InChI is InChI=1S/C24H23F4N7O/c1-13-11-33(21-17-9-15(25)3-4-19(17)30-14(2)18(21)10-29)6-5-16(13)22(36)34-7-8-35-20(12-34)31-32-23(35)24(26,27)28/h3-4,9,13,16H,5-8,11-12H2,1-2H3/t13-,16+/m1/s1. The van der Waals surface area contributed by atoms with E-state index in [9.17, 15) is 27.6 Å². The largest absolute Gasteiger partial charge is 0.451 e. The van der Waals surface area contributed by atoms with Gasteiger partial charge in [0.2, 0.25) is 11.7 Å². The molecule has 3 aromatic rings. The number of piperidine rings is 1. The molecule has 5 rings (SSSR count). The lowest BCUT2D eigenvalue weighted by Crippen LogP contribution is -2.49. The Balaban J connectivity index is 1.36. The van der Waals surface area contributed by atoms with E-state index in [1.807, 2.05) is 11.8 Å². The Morgan fingerprint density at radius 1 is 1.19 bits per heavy atom. The normalized spacial score (nSPS) is 20.4. The molecule has 0 radical (unpaired) electrons. The van der Waals surface area contributed by atoms with E-state index < -0.39 is 17.8 Å². The molecule has 2 aliphatic heterocycles. The number of rotatable bonds is 2. The van der Waals surface area contributed by atoms with Crippen molar-refractivity contribution in [2.75, 3.05) is 24.5 Å². The molecule has 0 aliphatic carbocycles. The van der Waals surface area contributed by atoms with Gasteiger partial charge >= 0.3 is 6.18 Å². The maximum Gasteiger partial charge on any atom is 0.451 e. The summed E-state index contributed by atoms with van der Waals surface area (Å²) in [5.74, 6) is -1.94. The van der Waals surface area contributed by atoms with Crippen LogP contribution in [-0.4, -0.2) is 50.2 Å². The molecule has 8 nitrogen and oxygen atoms in total. The van der Waals surface area contributed by atoms with Gasteiger partial charge in [-0.05, 0) is 37.5 Å². The van der Waals surface area contributed by atoms with Gasteiger partial charge in [-0.2, -0.15) is 18.4 Å². The highest BCUT2D eigenvalue weighted by Crippen LogP contribution is 2.37. The molecular weight excluding hydrogens is 478 g/mol. The van der Waals surface area contributed by atoms with Crippen LogP contribution in [0, 0.1) is 35.9 Å². The van der Waals surface area contributed by atoms with Crippen molar-refractivity contribution in [1.29, 1.82) is 5.26 Å². The maximum atomic E-state index is 14.1. The highest BCUT2D eigenvalue weighted by atomic mass is 19.4. The van der Waals surface area contributed by atoms with E-state index in [1.165, 1.54) is 12.1 Å². The summed E-state index contributed by atoms with van der Waals surface area (Å²) in [7, 11) is 0. The number of nitrogens with zero attached hydrogens (tertiary/aromatic N) is 7. The van der Waals surface area contributed by atoms with Crippen LogP contribution in [0.15, 0.2) is 18.2 Å². The van der Waals surface area contributed by atoms with Crippen LogP contribution >= 0.6 is 0 Å². The Hall–Kier alpha value is -3.75. The van der Waals surface area contributed by atoms with Gasteiger partial charge in [0.25, 0.3) is 0 Å². The molecule has 2 aliphatic rings. The minimum atomic E-state index is -4.60. The van der Waals surface area contributed by atoms with Crippen molar-refractivity contribution in [2.24, 2.45) is 11.8 Å². The summed E-state index contributed by atoms with van der Waals surface area (Å²) >= 11 is 0. The fourth-order valence-corrected chi connectivity index (χ4v) is 5.31. The van der Waals surface area contributed by atoms with Crippen molar-refractivity contribution in [2.45, 2.75) is 39.5 Å². The van der Waals surface area contributed by atoms with E-state index >= 15 is 0 Å². The molecule has 1 fully saturated rings. The maximum absolute atomic E-state index is 14.1. The lowest BCUT2D eigenvalue weighted by Gasteiger charge is -2.40. The summed E-state index contributed by atoms with van der Waals surface area (Å²) in [5, 5.41) is 17.3. The molecule has 36 heavy (non-hydrogen) atoms. The summed E-state index contributed by atoms with van der Waals surface area (Å²) < 4.78 is 54.5. The van der Waals surface area contributed by atoms with Crippen molar-refractivity contribution < 1.29 is 22.4 Å². The van der Waals surface area contributed by atoms with E-state index in [1.54, 1.807) is 17.9 Å². The molecule has 0 saturated carbocycles. The Labute approximate surface area is 204 Å². The third kappa shape index (κ3) is 4.02. The first-order valence-electron chi connectivity index (χ1n) is 11.6. The van der Waals surface area contributed by atoms with Crippen LogP contribution in [0.1, 0.15) is 36.3 Å². The summed E-state index contributed by atoms with van der Waals surface area (Å²) in [5.41, 5.74) is 2.13. The zero-order valence-corrected chi connectivity index (χ0v) is 19.7. The molecule has 2 atom stereocenters. The number of hydrogen-bond acceptors (Lipinski definition) is 6. The zero-order valence-electron chi connectivity index (χ0n) is 19.7. The Morgan fingerprint density at radius 3 is 2.67 bits per heavy atom. The number of hydrogen-bond donors (Lipinski definition) is 0. The van der Waals surface area contributed by atoms with Gasteiger partial charge in [-0.15, -0.1) is 10.2 Å². The minimum Gasteiger partial charge on any atom is -0.370 e. The van der Waals surface area contributed by atoms with Gasteiger partial charge in [0.1, 0.15) is 11.9 Å². The van der Waals surface area contributed by atoms with Crippen molar-refractivity contribution in [3.63, 3.8) is 0 Å². The number of aryl methyl sites for hydroxylation is 1. The first kappa shape index (κ1) is 24.0. The SMILES string of the molecule is Cc1nc2ccc(F)cc2c(N2CC[C@H](C(=O)N3CCn4c(nnc4C(F)(F)F)C3)[C@H](C)C2)c1C#N. The van der Waals surface area contributed by atoms with Crippen LogP contribution in [0.5, 0.6) is 0 Å². The van der Waals surface area contributed by atoms with Gasteiger partial charge in [-0.1, -0.05) is 6.92 Å². The predicted molar refractivity (Wildman–Crippen MR) is 121 cm³/mol. The molecule has 0 N–H and O–H groups in total. The van der Waals surface area contributed by atoms with Gasteiger partial charge < -0.3 is 14.4 Å². The average molecular weight is 501 g/mol. The lowest BCUT2D eigenvalue weighted by atomic mass is 9.85. The molecule has 0 spiro atoms. The summed E-state index contributed by atoms with van der Waals surface area (Å²) in [6.07, 6.45) is -4.11.